The Bertz CT molecular complexity index is 1330. The molecule has 1 aliphatic heterocycles. The van der Waals surface area contributed by atoms with Crippen molar-refractivity contribution >= 4 is 21.9 Å². The standard InChI is InChI=1S/C24H23N7/c1-2-6-31(7-3-1)15-16-8-17(12-26-11-16)18-9-20-23(29-30-24(20)27-14-18)22-10-19-13-25-5-4-21(19)28-22/h4-5,8-14,28H,1-3,6-7,15H2,(H,27,29,30). The molecule has 0 amide bonds. The van der Waals surface area contributed by atoms with Crippen molar-refractivity contribution in [2.24, 2.45) is 0 Å². The van der Waals surface area contributed by atoms with E-state index >= 15 is 0 Å². The van der Waals surface area contributed by atoms with Crippen molar-refractivity contribution < 1.29 is 0 Å². The largest absolute Gasteiger partial charge is 0.353 e. The quantitative estimate of drug-likeness (QED) is 0.455. The molecule has 0 atom stereocenters. The first kappa shape index (κ1) is 18.2. The molecule has 0 aliphatic carbocycles. The van der Waals surface area contributed by atoms with Crippen LogP contribution in [0.15, 0.2) is 55.2 Å². The summed E-state index contributed by atoms with van der Waals surface area (Å²) < 4.78 is 0. The van der Waals surface area contributed by atoms with E-state index < -0.39 is 0 Å². The number of H-pyrrole nitrogens is 2. The first-order chi connectivity index (χ1) is 15.3. The van der Waals surface area contributed by atoms with Crippen LogP contribution in [0.4, 0.5) is 0 Å². The summed E-state index contributed by atoms with van der Waals surface area (Å²) in [5.41, 5.74) is 6.99. The molecule has 0 spiro atoms. The maximum absolute atomic E-state index is 4.62. The van der Waals surface area contributed by atoms with E-state index in [-0.39, 0.29) is 0 Å². The number of pyridine rings is 3. The van der Waals surface area contributed by atoms with Gasteiger partial charge in [-0.2, -0.15) is 5.10 Å². The van der Waals surface area contributed by atoms with Crippen LogP contribution < -0.4 is 0 Å². The molecule has 5 aromatic rings. The van der Waals surface area contributed by atoms with E-state index in [9.17, 15) is 0 Å². The Morgan fingerprint density at radius 3 is 2.71 bits per heavy atom. The van der Waals surface area contributed by atoms with Crippen LogP contribution in [0.2, 0.25) is 0 Å². The Morgan fingerprint density at radius 2 is 1.81 bits per heavy atom. The smallest absolute Gasteiger partial charge is 0.155 e. The monoisotopic (exact) mass is 409 g/mol. The Kier molecular flexibility index (Phi) is 4.46. The van der Waals surface area contributed by atoms with Gasteiger partial charge in [-0.3, -0.25) is 20.0 Å². The fourth-order valence-electron chi connectivity index (χ4n) is 4.47. The summed E-state index contributed by atoms with van der Waals surface area (Å²) in [6.07, 6.45) is 13.4. The van der Waals surface area contributed by atoms with Gasteiger partial charge < -0.3 is 4.98 Å². The summed E-state index contributed by atoms with van der Waals surface area (Å²) in [5.74, 6) is 0. The molecule has 0 bridgehead atoms. The van der Waals surface area contributed by atoms with E-state index in [4.69, 9.17) is 0 Å². The summed E-state index contributed by atoms with van der Waals surface area (Å²) in [4.78, 5) is 19.3. The van der Waals surface area contributed by atoms with Crippen molar-refractivity contribution in [3.63, 3.8) is 0 Å². The average molecular weight is 409 g/mol. The molecular weight excluding hydrogens is 386 g/mol. The van der Waals surface area contributed by atoms with Crippen LogP contribution >= 0.6 is 0 Å². The Labute approximate surface area is 179 Å². The molecule has 0 aromatic carbocycles. The Morgan fingerprint density at radius 1 is 0.903 bits per heavy atom. The molecule has 5 aromatic heterocycles. The molecule has 31 heavy (non-hydrogen) atoms. The van der Waals surface area contributed by atoms with Crippen molar-refractivity contribution in [3.8, 4) is 22.5 Å². The number of hydrogen-bond acceptors (Lipinski definition) is 5. The summed E-state index contributed by atoms with van der Waals surface area (Å²) in [6.45, 7) is 3.31. The number of likely N-dealkylation sites (tertiary alicyclic amines) is 1. The highest BCUT2D eigenvalue weighted by atomic mass is 15.2. The lowest BCUT2D eigenvalue weighted by atomic mass is 10.0. The maximum atomic E-state index is 4.62. The zero-order chi connectivity index (χ0) is 20.6. The molecule has 7 nitrogen and oxygen atoms in total. The van der Waals surface area contributed by atoms with E-state index in [1.807, 2.05) is 30.9 Å². The van der Waals surface area contributed by atoms with Gasteiger partial charge in [-0.05, 0) is 55.8 Å². The van der Waals surface area contributed by atoms with Crippen molar-refractivity contribution in [2.45, 2.75) is 25.8 Å². The highest BCUT2D eigenvalue weighted by Crippen LogP contribution is 2.30. The Balaban J connectivity index is 1.36. The lowest BCUT2D eigenvalue weighted by Gasteiger charge is -2.26. The SMILES string of the molecule is c1cc2[nH]c(-c3n[nH]c4ncc(-c5cncc(CN6CCCCC6)c5)cc34)cc2cn1. The van der Waals surface area contributed by atoms with Gasteiger partial charge >= 0.3 is 0 Å². The van der Waals surface area contributed by atoms with Crippen LogP contribution in [0.25, 0.3) is 44.5 Å². The van der Waals surface area contributed by atoms with Crippen molar-refractivity contribution in [2.75, 3.05) is 13.1 Å². The minimum absolute atomic E-state index is 0.771. The van der Waals surface area contributed by atoms with Gasteiger partial charge in [0.25, 0.3) is 0 Å². The molecule has 1 fully saturated rings. The van der Waals surface area contributed by atoms with Gasteiger partial charge in [-0.1, -0.05) is 6.42 Å². The number of fused-ring (bicyclic) bond motifs is 2. The second kappa shape index (κ2) is 7.59. The lowest BCUT2D eigenvalue weighted by Crippen LogP contribution is -2.29. The first-order valence-corrected chi connectivity index (χ1v) is 10.8. The van der Waals surface area contributed by atoms with Gasteiger partial charge in [0.2, 0.25) is 0 Å². The van der Waals surface area contributed by atoms with E-state index in [1.54, 1.807) is 6.20 Å². The molecule has 6 rings (SSSR count). The molecule has 0 radical (unpaired) electrons. The summed E-state index contributed by atoms with van der Waals surface area (Å²) >= 11 is 0. The van der Waals surface area contributed by atoms with Gasteiger partial charge in [0.15, 0.2) is 5.65 Å². The predicted molar refractivity (Wildman–Crippen MR) is 121 cm³/mol. The number of piperidine rings is 1. The molecule has 1 aliphatic rings. The fraction of sp³-hybridized carbons (Fsp3) is 0.250. The number of aromatic amines is 2. The first-order valence-electron chi connectivity index (χ1n) is 10.8. The van der Waals surface area contributed by atoms with Gasteiger partial charge in [-0.25, -0.2) is 4.98 Å². The third-order valence-corrected chi connectivity index (χ3v) is 6.08. The molecule has 2 N–H and O–H groups in total. The van der Waals surface area contributed by atoms with E-state index in [2.05, 4.69) is 53.2 Å². The van der Waals surface area contributed by atoms with Gasteiger partial charge in [-0.15, -0.1) is 0 Å². The topological polar surface area (TPSA) is 86.4 Å². The van der Waals surface area contributed by atoms with Gasteiger partial charge in [0, 0.05) is 64.9 Å². The number of nitrogens with zero attached hydrogens (tertiary/aromatic N) is 5. The molecule has 6 heterocycles. The summed E-state index contributed by atoms with van der Waals surface area (Å²) in [5, 5.41) is 9.63. The summed E-state index contributed by atoms with van der Waals surface area (Å²) in [7, 11) is 0. The molecule has 1 saturated heterocycles. The maximum Gasteiger partial charge on any atom is 0.155 e. The van der Waals surface area contributed by atoms with Crippen molar-refractivity contribution in [3.05, 3.63) is 60.8 Å². The molecule has 0 unspecified atom stereocenters. The predicted octanol–water partition coefficient (Wildman–Crippen LogP) is 4.55. The molecule has 0 saturated carbocycles. The minimum Gasteiger partial charge on any atom is -0.353 e. The van der Waals surface area contributed by atoms with E-state index in [1.165, 1.54) is 37.9 Å². The van der Waals surface area contributed by atoms with E-state index in [0.29, 0.717) is 0 Å². The zero-order valence-corrected chi connectivity index (χ0v) is 17.2. The number of rotatable bonds is 4. The van der Waals surface area contributed by atoms with Crippen LogP contribution in [0.5, 0.6) is 0 Å². The van der Waals surface area contributed by atoms with Gasteiger partial charge in [0.1, 0.15) is 5.69 Å². The third kappa shape index (κ3) is 3.47. The molecule has 7 heteroatoms. The van der Waals surface area contributed by atoms with Crippen LogP contribution in [0.3, 0.4) is 0 Å². The van der Waals surface area contributed by atoms with Crippen molar-refractivity contribution in [1.82, 2.24) is 35.0 Å². The number of aromatic nitrogens is 6. The Hall–Kier alpha value is -3.58. The minimum atomic E-state index is 0.771. The van der Waals surface area contributed by atoms with Crippen molar-refractivity contribution in [1.29, 1.82) is 0 Å². The molecule has 154 valence electrons. The van der Waals surface area contributed by atoms with Crippen LogP contribution in [0.1, 0.15) is 24.8 Å². The highest BCUT2D eigenvalue weighted by Gasteiger charge is 2.14. The normalized spacial score (nSPS) is 15.1. The lowest BCUT2D eigenvalue weighted by molar-refractivity contribution is 0.220. The molecular formula is C24H23N7. The van der Waals surface area contributed by atoms with Gasteiger partial charge in [0.05, 0.1) is 5.69 Å². The van der Waals surface area contributed by atoms with Crippen LogP contribution in [-0.4, -0.2) is 48.1 Å². The highest BCUT2D eigenvalue weighted by molar-refractivity contribution is 5.95. The zero-order valence-electron chi connectivity index (χ0n) is 17.2. The average Bonchev–Trinajstić information content (AvgIpc) is 3.43. The second-order valence-corrected chi connectivity index (χ2v) is 8.26. The van der Waals surface area contributed by atoms with Crippen LogP contribution in [0, 0.1) is 0 Å². The fourth-order valence-corrected chi connectivity index (χ4v) is 4.47. The number of nitrogens with one attached hydrogen (secondary N) is 2. The second-order valence-electron chi connectivity index (χ2n) is 8.26. The number of hydrogen-bond donors (Lipinski definition) is 2. The summed E-state index contributed by atoms with van der Waals surface area (Å²) in [6, 6.07) is 8.42. The van der Waals surface area contributed by atoms with E-state index in [0.717, 1.165) is 51.0 Å². The van der Waals surface area contributed by atoms with Crippen LogP contribution in [-0.2, 0) is 6.54 Å². The third-order valence-electron chi connectivity index (χ3n) is 6.08.